The minimum Gasteiger partial charge on any atom is -0.351 e. The van der Waals surface area contributed by atoms with Crippen LogP contribution in [0.2, 0.25) is 0 Å². The Bertz CT molecular complexity index is 656. The zero-order valence-corrected chi connectivity index (χ0v) is 16.4. The molecule has 1 heterocycles. The topological polar surface area (TPSA) is 69.7 Å². The number of hydrogen-bond donors (Lipinski definition) is 1. The Kier molecular flexibility index (Phi) is 6.79. The zero-order chi connectivity index (χ0) is 17.7. The highest BCUT2D eigenvalue weighted by Gasteiger charge is 2.27. The summed E-state index contributed by atoms with van der Waals surface area (Å²) < 4.78 is 26.8. The van der Waals surface area contributed by atoms with E-state index in [9.17, 15) is 13.2 Å². The molecule has 0 saturated carbocycles. The van der Waals surface area contributed by atoms with Gasteiger partial charge in [0, 0.05) is 32.7 Å². The van der Waals surface area contributed by atoms with Gasteiger partial charge in [-0.25, -0.2) is 8.42 Å². The van der Waals surface area contributed by atoms with E-state index < -0.39 is 10.0 Å². The Morgan fingerprint density at radius 2 is 1.79 bits per heavy atom. The second-order valence-electron chi connectivity index (χ2n) is 5.94. The average Bonchev–Trinajstić information content (AvgIpc) is 2.59. The fourth-order valence-electron chi connectivity index (χ4n) is 2.44. The fourth-order valence-corrected chi connectivity index (χ4v) is 4.03. The summed E-state index contributed by atoms with van der Waals surface area (Å²) in [5.41, 5.74) is 0.872. The predicted molar refractivity (Wildman–Crippen MR) is 97.6 cm³/mol. The number of hydrogen-bond acceptors (Lipinski definition) is 4. The van der Waals surface area contributed by atoms with Crippen molar-refractivity contribution in [2.24, 2.45) is 0 Å². The van der Waals surface area contributed by atoms with E-state index in [0.29, 0.717) is 31.0 Å². The van der Waals surface area contributed by atoms with Crippen molar-refractivity contribution in [2.75, 3.05) is 33.2 Å². The third-order valence-electron chi connectivity index (χ3n) is 4.13. The summed E-state index contributed by atoms with van der Waals surface area (Å²) in [6, 6.07) is 6.72. The quantitative estimate of drug-likeness (QED) is 0.710. The van der Waals surface area contributed by atoms with Gasteiger partial charge in [-0.05, 0) is 31.2 Å². The minimum atomic E-state index is -3.44. The van der Waals surface area contributed by atoms with Gasteiger partial charge < -0.3 is 10.2 Å². The molecule has 24 heavy (non-hydrogen) atoms. The molecule has 1 amide bonds. The maximum absolute atomic E-state index is 12.6. The molecular weight excluding hydrogens is 394 g/mol. The highest BCUT2D eigenvalue weighted by atomic mass is 79.9. The van der Waals surface area contributed by atoms with E-state index in [1.165, 1.54) is 4.31 Å². The van der Waals surface area contributed by atoms with E-state index in [1.807, 2.05) is 14.0 Å². The fraction of sp³-hybridized carbons (Fsp3) is 0.562. The van der Waals surface area contributed by atoms with Crippen LogP contribution in [-0.2, 0) is 21.4 Å². The van der Waals surface area contributed by atoms with Crippen LogP contribution in [0.4, 0.5) is 0 Å². The predicted octanol–water partition coefficient (Wildman–Crippen LogP) is 1.41. The van der Waals surface area contributed by atoms with Gasteiger partial charge in [-0.2, -0.15) is 4.31 Å². The lowest BCUT2D eigenvalue weighted by Crippen LogP contribution is -2.47. The molecule has 2 rings (SSSR count). The molecule has 1 aliphatic rings. The van der Waals surface area contributed by atoms with Crippen molar-refractivity contribution in [3.63, 3.8) is 0 Å². The molecule has 1 saturated heterocycles. The summed E-state index contributed by atoms with van der Waals surface area (Å²) in [7, 11) is -1.45. The molecule has 1 fully saturated rings. The maximum Gasteiger partial charge on any atom is 0.243 e. The molecule has 1 aromatic carbocycles. The molecular formula is C16H24BrN3O3S. The van der Waals surface area contributed by atoms with Crippen LogP contribution in [0.25, 0.3) is 0 Å². The first-order valence-corrected chi connectivity index (χ1v) is 10.4. The standard InChI is InChI=1S/C16H24BrN3O3S/c1-3-15(17)16(21)18-12-13-4-6-14(7-5-13)24(22,23)20-10-8-19(2)9-11-20/h4-7,15H,3,8-12H2,1-2H3,(H,18,21). The molecule has 1 atom stereocenters. The highest BCUT2D eigenvalue weighted by molar-refractivity contribution is 9.10. The molecule has 1 aromatic rings. The number of amides is 1. The Hall–Kier alpha value is -0.960. The molecule has 1 unspecified atom stereocenters. The maximum atomic E-state index is 12.6. The zero-order valence-electron chi connectivity index (χ0n) is 14.0. The number of likely N-dealkylation sites (N-methyl/N-ethyl adjacent to an activating group) is 1. The smallest absolute Gasteiger partial charge is 0.243 e. The van der Waals surface area contributed by atoms with Gasteiger partial charge in [-0.15, -0.1) is 0 Å². The number of piperazine rings is 1. The summed E-state index contributed by atoms with van der Waals surface area (Å²) in [6.07, 6.45) is 0.716. The lowest BCUT2D eigenvalue weighted by molar-refractivity contribution is -0.120. The van der Waals surface area contributed by atoms with Crippen molar-refractivity contribution in [3.8, 4) is 0 Å². The third kappa shape index (κ3) is 4.78. The van der Waals surface area contributed by atoms with Gasteiger partial charge in [-0.1, -0.05) is 35.0 Å². The van der Waals surface area contributed by atoms with Crippen LogP contribution >= 0.6 is 15.9 Å². The van der Waals surface area contributed by atoms with E-state index in [2.05, 4.69) is 26.1 Å². The molecule has 134 valence electrons. The van der Waals surface area contributed by atoms with Crippen molar-refractivity contribution in [1.82, 2.24) is 14.5 Å². The molecule has 1 aliphatic heterocycles. The van der Waals surface area contributed by atoms with E-state index >= 15 is 0 Å². The molecule has 0 radical (unpaired) electrons. The number of alkyl halides is 1. The lowest BCUT2D eigenvalue weighted by atomic mass is 10.2. The van der Waals surface area contributed by atoms with Crippen LogP contribution in [0.1, 0.15) is 18.9 Å². The molecule has 6 nitrogen and oxygen atoms in total. The summed E-state index contributed by atoms with van der Waals surface area (Å²) in [5.74, 6) is -0.0633. The van der Waals surface area contributed by atoms with Gasteiger partial charge in [0.15, 0.2) is 0 Å². The van der Waals surface area contributed by atoms with Gasteiger partial charge in [0.2, 0.25) is 15.9 Å². The Labute approximate surface area is 152 Å². The number of rotatable bonds is 6. The number of nitrogens with zero attached hydrogens (tertiary/aromatic N) is 2. The van der Waals surface area contributed by atoms with Crippen molar-refractivity contribution in [3.05, 3.63) is 29.8 Å². The van der Waals surface area contributed by atoms with Crippen LogP contribution in [0.3, 0.4) is 0 Å². The molecule has 0 spiro atoms. The van der Waals surface area contributed by atoms with Crippen molar-refractivity contribution >= 4 is 31.9 Å². The number of halogens is 1. The Balaban J connectivity index is 1.99. The first kappa shape index (κ1) is 19.4. The van der Waals surface area contributed by atoms with E-state index in [0.717, 1.165) is 18.7 Å². The SMILES string of the molecule is CCC(Br)C(=O)NCc1ccc(S(=O)(=O)N2CCN(C)CC2)cc1. The third-order valence-corrected chi connectivity index (χ3v) is 7.11. The Morgan fingerprint density at radius 3 is 2.33 bits per heavy atom. The average molecular weight is 418 g/mol. The van der Waals surface area contributed by atoms with Crippen LogP contribution < -0.4 is 5.32 Å². The Morgan fingerprint density at radius 1 is 1.21 bits per heavy atom. The molecule has 0 aromatic heterocycles. The molecule has 0 aliphatic carbocycles. The van der Waals surface area contributed by atoms with Crippen LogP contribution in [-0.4, -0.2) is 61.6 Å². The second-order valence-corrected chi connectivity index (χ2v) is 8.99. The molecule has 0 bridgehead atoms. The number of nitrogens with one attached hydrogen (secondary N) is 1. The minimum absolute atomic E-state index is 0.0633. The van der Waals surface area contributed by atoms with Gasteiger partial charge >= 0.3 is 0 Å². The second kappa shape index (κ2) is 8.42. The van der Waals surface area contributed by atoms with Crippen molar-refractivity contribution < 1.29 is 13.2 Å². The highest BCUT2D eigenvalue weighted by Crippen LogP contribution is 2.18. The van der Waals surface area contributed by atoms with Gasteiger partial charge in [0.1, 0.15) is 0 Å². The van der Waals surface area contributed by atoms with Crippen LogP contribution in [0, 0.1) is 0 Å². The number of carbonyl (C=O) groups excluding carboxylic acids is 1. The monoisotopic (exact) mass is 417 g/mol. The van der Waals surface area contributed by atoms with Gasteiger partial charge in [0.25, 0.3) is 0 Å². The van der Waals surface area contributed by atoms with Crippen LogP contribution in [0.5, 0.6) is 0 Å². The summed E-state index contributed by atoms with van der Waals surface area (Å²) in [5, 5.41) is 2.82. The molecule has 1 N–H and O–H groups in total. The van der Waals surface area contributed by atoms with Crippen LogP contribution in [0.15, 0.2) is 29.2 Å². The number of carbonyl (C=O) groups is 1. The largest absolute Gasteiger partial charge is 0.351 e. The van der Waals surface area contributed by atoms with E-state index in [1.54, 1.807) is 24.3 Å². The van der Waals surface area contributed by atoms with Gasteiger partial charge in [0.05, 0.1) is 9.72 Å². The van der Waals surface area contributed by atoms with Crippen molar-refractivity contribution in [2.45, 2.75) is 29.6 Å². The normalized spacial score (nSPS) is 18.3. The summed E-state index contributed by atoms with van der Waals surface area (Å²) >= 11 is 3.30. The lowest BCUT2D eigenvalue weighted by Gasteiger charge is -2.31. The molecule has 8 heteroatoms. The first-order valence-electron chi connectivity index (χ1n) is 8.04. The van der Waals surface area contributed by atoms with Gasteiger partial charge in [-0.3, -0.25) is 4.79 Å². The summed E-state index contributed by atoms with van der Waals surface area (Å²) in [4.78, 5) is 14.0. The first-order chi connectivity index (χ1) is 11.3. The van der Waals surface area contributed by atoms with E-state index in [4.69, 9.17) is 0 Å². The number of sulfonamides is 1. The number of benzene rings is 1. The van der Waals surface area contributed by atoms with Crippen molar-refractivity contribution in [1.29, 1.82) is 0 Å². The summed E-state index contributed by atoms with van der Waals surface area (Å²) in [6.45, 7) is 4.83. The van der Waals surface area contributed by atoms with E-state index in [-0.39, 0.29) is 10.7 Å².